The fourth-order valence-corrected chi connectivity index (χ4v) is 2.57. The first-order chi connectivity index (χ1) is 13.8. The summed E-state index contributed by atoms with van der Waals surface area (Å²) in [6, 6.07) is 23.7. The van der Waals surface area contributed by atoms with Gasteiger partial charge in [-0.05, 0) is 24.3 Å². The minimum Gasteiger partial charge on any atom is -0.454 e. The first kappa shape index (κ1) is 17.5. The van der Waals surface area contributed by atoms with Crippen LogP contribution in [-0.2, 0) is 11.3 Å². The highest BCUT2D eigenvalue weighted by Gasteiger charge is 2.17. The number of ether oxygens (including phenoxy) is 2. The highest BCUT2D eigenvalue weighted by atomic mass is 16.6. The summed E-state index contributed by atoms with van der Waals surface area (Å²) < 4.78 is 16.3. The molecule has 0 radical (unpaired) electrons. The Morgan fingerprint density at radius 3 is 2.46 bits per heavy atom. The summed E-state index contributed by atoms with van der Waals surface area (Å²) in [6.07, 6.45) is 1.55. The van der Waals surface area contributed by atoms with E-state index in [9.17, 15) is 4.79 Å². The molecule has 28 heavy (non-hydrogen) atoms. The zero-order valence-corrected chi connectivity index (χ0v) is 14.8. The van der Waals surface area contributed by atoms with Crippen molar-refractivity contribution >= 4 is 5.97 Å². The highest BCUT2D eigenvalue weighted by Crippen LogP contribution is 2.24. The molecule has 0 atom stereocenters. The van der Waals surface area contributed by atoms with E-state index in [1.165, 1.54) is 0 Å². The summed E-state index contributed by atoms with van der Waals surface area (Å²) >= 11 is 0. The lowest BCUT2D eigenvalue weighted by molar-refractivity contribution is 0.0434. The number of nitrogens with zero attached hydrogens (tertiary/aromatic N) is 2. The third-order valence-corrected chi connectivity index (χ3v) is 3.92. The van der Waals surface area contributed by atoms with E-state index in [1.54, 1.807) is 36.5 Å². The van der Waals surface area contributed by atoms with Gasteiger partial charge in [0, 0.05) is 17.8 Å². The highest BCUT2D eigenvalue weighted by molar-refractivity contribution is 5.91. The normalized spacial score (nSPS) is 10.4. The topological polar surface area (TPSA) is 74.5 Å². The lowest BCUT2D eigenvalue weighted by Gasteiger charge is -2.09. The van der Waals surface area contributed by atoms with Gasteiger partial charge in [0.05, 0.1) is 0 Å². The second kappa shape index (κ2) is 8.18. The van der Waals surface area contributed by atoms with Crippen molar-refractivity contribution in [2.24, 2.45) is 0 Å². The number of aromatic nitrogens is 2. The fourth-order valence-electron chi connectivity index (χ4n) is 2.57. The Labute approximate surface area is 161 Å². The minimum atomic E-state index is -0.559. The molecule has 2 aromatic carbocycles. The fraction of sp³-hybridized carbons (Fsp3) is 0.0455. The standard InChI is InChI=1S/C22H16N2O4/c25-22(19-12-7-13-23-21(19)27-17-10-5-2-6-11-17)26-15-18-14-20(24-28-18)16-8-3-1-4-9-16/h1-14H,15H2. The molecule has 0 spiro atoms. The van der Waals surface area contributed by atoms with E-state index < -0.39 is 5.97 Å². The maximum absolute atomic E-state index is 12.5. The van der Waals surface area contributed by atoms with Crippen LogP contribution in [0.2, 0.25) is 0 Å². The second-order valence-corrected chi connectivity index (χ2v) is 5.89. The van der Waals surface area contributed by atoms with E-state index in [-0.39, 0.29) is 18.1 Å². The molecule has 0 N–H and O–H groups in total. The van der Waals surface area contributed by atoms with E-state index in [0.29, 0.717) is 17.2 Å². The molecular formula is C22H16N2O4. The van der Waals surface area contributed by atoms with Crippen LogP contribution in [0.5, 0.6) is 11.6 Å². The van der Waals surface area contributed by atoms with E-state index >= 15 is 0 Å². The quantitative estimate of drug-likeness (QED) is 0.449. The number of hydrogen-bond donors (Lipinski definition) is 0. The van der Waals surface area contributed by atoms with E-state index in [1.807, 2.05) is 48.5 Å². The van der Waals surface area contributed by atoms with E-state index in [2.05, 4.69) is 10.1 Å². The molecule has 0 aliphatic rings. The van der Waals surface area contributed by atoms with Crippen LogP contribution in [0.1, 0.15) is 16.1 Å². The molecule has 0 aliphatic carbocycles. The van der Waals surface area contributed by atoms with Gasteiger partial charge in [-0.25, -0.2) is 9.78 Å². The van der Waals surface area contributed by atoms with Gasteiger partial charge in [-0.1, -0.05) is 53.7 Å². The number of rotatable bonds is 6. The van der Waals surface area contributed by atoms with Crippen molar-refractivity contribution in [1.29, 1.82) is 0 Å². The Morgan fingerprint density at radius 2 is 1.68 bits per heavy atom. The molecule has 0 amide bonds. The molecule has 0 fully saturated rings. The van der Waals surface area contributed by atoms with Gasteiger partial charge in [0.2, 0.25) is 5.88 Å². The maximum Gasteiger partial charge on any atom is 0.344 e. The van der Waals surface area contributed by atoms with Gasteiger partial charge in [0.25, 0.3) is 0 Å². The Kier molecular flexibility index (Phi) is 5.11. The molecule has 4 aromatic rings. The Hall–Kier alpha value is -3.93. The molecule has 0 unspecified atom stereocenters. The Bertz CT molecular complexity index is 1060. The largest absolute Gasteiger partial charge is 0.454 e. The molecule has 0 bridgehead atoms. The van der Waals surface area contributed by atoms with Gasteiger partial charge in [0.1, 0.15) is 17.0 Å². The number of para-hydroxylation sites is 1. The third kappa shape index (κ3) is 4.07. The monoisotopic (exact) mass is 372 g/mol. The smallest absolute Gasteiger partial charge is 0.344 e. The number of esters is 1. The molecule has 0 saturated heterocycles. The van der Waals surface area contributed by atoms with Crippen molar-refractivity contribution in [3.63, 3.8) is 0 Å². The first-order valence-electron chi connectivity index (χ1n) is 8.65. The van der Waals surface area contributed by atoms with Crippen molar-refractivity contribution in [2.75, 3.05) is 0 Å². The van der Waals surface area contributed by atoms with Crippen molar-refractivity contribution in [3.8, 4) is 22.9 Å². The van der Waals surface area contributed by atoms with Crippen molar-refractivity contribution in [3.05, 3.63) is 96.4 Å². The number of benzene rings is 2. The van der Waals surface area contributed by atoms with E-state index in [4.69, 9.17) is 14.0 Å². The molecule has 6 nitrogen and oxygen atoms in total. The summed E-state index contributed by atoms with van der Waals surface area (Å²) in [5.74, 6) is 0.651. The molecule has 138 valence electrons. The lowest BCUT2D eigenvalue weighted by atomic mass is 10.1. The predicted molar refractivity (Wildman–Crippen MR) is 102 cm³/mol. The number of carbonyl (C=O) groups is 1. The zero-order chi connectivity index (χ0) is 19.2. The molecule has 4 rings (SSSR count). The average molecular weight is 372 g/mol. The number of carbonyl (C=O) groups excluding carboxylic acids is 1. The molecule has 2 heterocycles. The van der Waals surface area contributed by atoms with Crippen LogP contribution >= 0.6 is 0 Å². The number of hydrogen-bond acceptors (Lipinski definition) is 6. The average Bonchev–Trinajstić information content (AvgIpc) is 3.23. The van der Waals surface area contributed by atoms with Crippen LogP contribution in [0.15, 0.2) is 89.6 Å². The summed E-state index contributed by atoms with van der Waals surface area (Å²) in [5.41, 5.74) is 1.84. The zero-order valence-electron chi connectivity index (χ0n) is 14.8. The van der Waals surface area contributed by atoms with Crippen LogP contribution in [0, 0.1) is 0 Å². The van der Waals surface area contributed by atoms with Crippen LogP contribution in [0.3, 0.4) is 0 Å². The minimum absolute atomic E-state index is 0.0433. The summed E-state index contributed by atoms with van der Waals surface area (Å²) in [5, 5.41) is 4.01. The second-order valence-electron chi connectivity index (χ2n) is 5.89. The molecule has 0 aliphatic heterocycles. The van der Waals surface area contributed by atoms with Crippen LogP contribution in [0.25, 0.3) is 11.3 Å². The number of pyridine rings is 1. The molecular weight excluding hydrogens is 356 g/mol. The summed E-state index contributed by atoms with van der Waals surface area (Å²) in [6.45, 7) is -0.0433. The maximum atomic E-state index is 12.5. The van der Waals surface area contributed by atoms with Crippen molar-refractivity contribution < 1.29 is 18.8 Å². The predicted octanol–water partition coefficient (Wildman–Crippen LogP) is 4.89. The first-order valence-corrected chi connectivity index (χ1v) is 8.65. The van der Waals surface area contributed by atoms with Gasteiger partial charge in [-0.2, -0.15) is 0 Å². The summed E-state index contributed by atoms with van der Waals surface area (Å²) in [7, 11) is 0. The van der Waals surface area contributed by atoms with Crippen LogP contribution in [-0.4, -0.2) is 16.1 Å². The van der Waals surface area contributed by atoms with Crippen molar-refractivity contribution in [1.82, 2.24) is 10.1 Å². The summed E-state index contributed by atoms with van der Waals surface area (Å²) in [4.78, 5) is 16.6. The Morgan fingerprint density at radius 1 is 0.929 bits per heavy atom. The van der Waals surface area contributed by atoms with Crippen LogP contribution < -0.4 is 4.74 Å². The van der Waals surface area contributed by atoms with E-state index in [0.717, 1.165) is 5.56 Å². The van der Waals surface area contributed by atoms with Crippen LogP contribution in [0.4, 0.5) is 0 Å². The van der Waals surface area contributed by atoms with Gasteiger partial charge in [-0.3, -0.25) is 0 Å². The SMILES string of the molecule is O=C(OCc1cc(-c2ccccc2)no1)c1cccnc1Oc1ccccc1. The van der Waals surface area contributed by atoms with Gasteiger partial charge in [-0.15, -0.1) is 0 Å². The Balaban J connectivity index is 1.44. The molecule has 0 saturated carbocycles. The van der Waals surface area contributed by atoms with Crippen molar-refractivity contribution in [2.45, 2.75) is 6.61 Å². The molecule has 6 heteroatoms. The molecule has 2 aromatic heterocycles. The lowest BCUT2D eigenvalue weighted by Crippen LogP contribution is -2.07. The van der Waals surface area contributed by atoms with Gasteiger partial charge >= 0.3 is 5.97 Å². The van der Waals surface area contributed by atoms with Gasteiger partial charge < -0.3 is 14.0 Å². The van der Waals surface area contributed by atoms with Gasteiger partial charge in [0.15, 0.2) is 12.4 Å². The third-order valence-electron chi connectivity index (χ3n) is 3.92.